The molecule has 4 fully saturated rings. The Bertz CT molecular complexity index is 1030. The monoisotopic (exact) mass is 467 g/mol. The first-order valence-electron chi connectivity index (χ1n) is 12.2. The fourth-order valence-electron chi connectivity index (χ4n) is 6.97. The number of hydrogen-bond acceptors (Lipinski definition) is 6. The van der Waals surface area contributed by atoms with Gasteiger partial charge in [-0.05, 0) is 80.9 Å². The van der Waals surface area contributed by atoms with Crippen molar-refractivity contribution >= 4 is 29.2 Å². The van der Waals surface area contributed by atoms with Crippen LogP contribution in [0.25, 0.3) is 0 Å². The van der Waals surface area contributed by atoms with Gasteiger partial charge >= 0.3 is 5.97 Å². The summed E-state index contributed by atoms with van der Waals surface area (Å²) in [5, 5.41) is 15.5. The third kappa shape index (κ3) is 3.98. The minimum absolute atomic E-state index is 0.0792. The van der Waals surface area contributed by atoms with Crippen LogP contribution in [-0.2, 0) is 19.1 Å². The predicted octanol–water partition coefficient (Wildman–Crippen LogP) is 2.82. The molecule has 1 aromatic carbocycles. The van der Waals surface area contributed by atoms with Crippen LogP contribution in [-0.4, -0.2) is 54.6 Å². The normalized spacial score (nSPS) is 29.6. The zero-order chi connectivity index (χ0) is 24.0. The molecule has 1 aromatic rings. The van der Waals surface area contributed by atoms with E-state index in [2.05, 4.69) is 10.6 Å². The molecule has 5 aliphatic rings. The second-order valence-corrected chi connectivity index (χ2v) is 10.6. The van der Waals surface area contributed by atoms with Gasteiger partial charge in [0.25, 0.3) is 5.91 Å². The average Bonchev–Trinajstić information content (AvgIpc) is 3.10. The zero-order valence-corrected chi connectivity index (χ0v) is 19.9. The molecule has 2 amide bonds. The fourth-order valence-corrected chi connectivity index (χ4v) is 6.97. The number of aliphatic hydroxyl groups is 1. The molecule has 0 unspecified atom stereocenters. The number of methoxy groups -OCH3 is 1. The maximum Gasteiger partial charge on any atom is 0.337 e. The molecule has 0 spiro atoms. The molecule has 8 heteroatoms. The summed E-state index contributed by atoms with van der Waals surface area (Å²) < 4.78 is 4.85. The number of carbonyl (C=O) groups is 3. The molecule has 1 heterocycles. The van der Waals surface area contributed by atoms with Crippen LogP contribution in [0.15, 0.2) is 29.5 Å². The highest BCUT2D eigenvalue weighted by molar-refractivity contribution is 6.08. The van der Waals surface area contributed by atoms with Gasteiger partial charge < -0.3 is 25.4 Å². The summed E-state index contributed by atoms with van der Waals surface area (Å²) in [5.41, 5.74) is 2.36. The molecule has 4 saturated carbocycles. The van der Waals surface area contributed by atoms with Crippen LogP contribution in [0.3, 0.4) is 0 Å². The van der Waals surface area contributed by atoms with E-state index in [1.54, 1.807) is 0 Å². The Hall–Kier alpha value is -2.87. The van der Waals surface area contributed by atoms with Crippen LogP contribution in [0.4, 0.5) is 11.4 Å². The van der Waals surface area contributed by atoms with Crippen LogP contribution in [0.2, 0.25) is 0 Å². The first-order chi connectivity index (χ1) is 16.3. The summed E-state index contributed by atoms with van der Waals surface area (Å²) in [5.74, 6) is 1.22. The number of esters is 1. The van der Waals surface area contributed by atoms with Gasteiger partial charge in [0, 0.05) is 17.9 Å². The smallest absolute Gasteiger partial charge is 0.337 e. The Kier molecular flexibility index (Phi) is 5.88. The largest absolute Gasteiger partial charge is 0.466 e. The van der Waals surface area contributed by atoms with Crippen LogP contribution in [0.5, 0.6) is 0 Å². The van der Waals surface area contributed by atoms with E-state index in [1.807, 2.05) is 25.1 Å². The van der Waals surface area contributed by atoms with Crippen molar-refractivity contribution in [2.24, 2.45) is 23.2 Å². The molecule has 0 atom stereocenters. The summed E-state index contributed by atoms with van der Waals surface area (Å²) in [4.78, 5) is 40.0. The summed E-state index contributed by atoms with van der Waals surface area (Å²) in [6.45, 7) is 1.96. The Balaban J connectivity index is 1.36. The van der Waals surface area contributed by atoms with Gasteiger partial charge in [-0.1, -0.05) is 6.07 Å². The summed E-state index contributed by atoms with van der Waals surface area (Å²) in [7, 11) is 1.27. The summed E-state index contributed by atoms with van der Waals surface area (Å²) in [6.07, 6.45) is 6.82. The average molecular weight is 468 g/mol. The van der Waals surface area contributed by atoms with E-state index in [-0.39, 0.29) is 48.2 Å². The van der Waals surface area contributed by atoms with Crippen molar-refractivity contribution in [1.82, 2.24) is 4.90 Å². The van der Waals surface area contributed by atoms with Crippen molar-refractivity contribution in [1.29, 1.82) is 0 Å². The van der Waals surface area contributed by atoms with E-state index in [1.165, 1.54) is 31.3 Å². The van der Waals surface area contributed by atoms with Crippen LogP contribution >= 0.6 is 0 Å². The summed E-state index contributed by atoms with van der Waals surface area (Å²) >= 11 is 0. The molecule has 6 rings (SSSR count). The van der Waals surface area contributed by atoms with Crippen LogP contribution in [0.1, 0.15) is 44.1 Å². The van der Waals surface area contributed by atoms with Crippen molar-refractivity contribution in [3.63, 3.8) is 0 Å². The topological polar surface area (TPSA) is 108 Å². The van der Waals surface area contributed by atoms with E-state index >= 15 is 0 Å². The molecular formula is C26H33N3O5. The number of aryl methyl sites for hydroxylation is 1. The lowest BCUT2D eigenvalue weighted by Gasteiger charge is -2.55. The molecule has 0 saturated heterocycles. The number of anilines is 2. The van der Waals surface area contributed by atoms with E-state index in [9.17, 15) is 19.5 Å². The lowest BCUT2D eigenvalue weighted by molar-refractivity contribution is -0.140. The third-order valence-electron chi connectivity index (χ3n) is 8.23. The van der Waals surface area contributed by atoms with Crippen molar-refractivity contribution < 1.29 is 24.2 Å². The third-order valence-corrected chi connectivity index (χ3v) is 8.23. The fraction of sp³-hybridized carbons (Fsp3) is 0.577. The second-order valence-electron chi connectivity index (χ2n) is 10.6. The highest BCUT2D eigenvalue weighted by Crippen LogP contribution is 2.60. The molecule has 8 nitrogen and oxygen atoms in total. The van der Waals surface area contributed by atoms with Crippen LogP contribution in [0, 0.1) is 30.1 Å². The first kappa shape index (κ1) is 22.9. The van der Waals surface area contributed by atoms with Crippen LogP contribution < -0.4 is 10.6 Å². The number of carbonyl (C=O) groups excluding carboxylic acids is 3. The number of amides is 2. The standard InChI is InChI=1S/C26H33N3O5/c1-15-3-4-19(27-22-20(24(32)34-2)14-29(5-6-30)23(22)31)10-21(15)28-25(33)26-11-16-7-17(12-26)9-18(8-16)13-26/h3-4,10,16-18,27,30H,5-9,11-14H2,1-2H3,(H,28,33). The quantitative estimate of drug-likeness (QED) is 0.532. The highest BCUT2D eigenvalue weighted by Gasteiger charge is 2.54. The van der Waals surface area contributed by atoms with Crippen molar-refractivity contribution in [3.8, 4) is 0 Å². The van der Waals surface area contributed by atoms with Crippen molar-refractivity contribution in [3.05, 3.63) is 35.0 Å². The molecule has 3 N–H and O–H groups in total. The van der Waals surface area contributed by atoms with Gasteiger partial charge in [-0.25, -0.2) is 4.79 Å². The van der Waals surface area contributed by atoms with Gasteiger partial charge in [0.05, 0.1) is 31.2 Å². The Labute approximate surface area is 199 Å². The molecule has 4 bridgehead atoms. The maximum atomic E-state index is 13.5. The molecule has 0 radical (unpaired) electrons. The van der Waals surface area contributed by atoms with Gasteiger partial charge in [0.15, 0.2) is 0 Å². The number of benzene rings is 1. The SMILES string of the molecule is COC(=O)C1=C(Nc2ccc(C)c(NC(=O)C34CC5CC(CC(C5)C3)C4)c2)C(=O)N(CCO)C1. The van der Waals surface area contributed by atoms with Crippen molar-refractivity contribution in [2.45, 2.75) is 45.4 Å². The number of nitrogens with zero attached hydrogens (tertiary/aromatic N) is 1. The zero-order valence-electron chi connectivity index (χ0n) is 19.9. The van der Waals surface area contributed by atoms with E-state index < -0.39 is 5.97 Å². The Morgan fingerprint density at radius 1 is 1.15 bits per heavy atom. The Morgan fingerprint density at radius 3 is 2.38 bits per heavy atom. The molecule has 4 aliphatic carbocycles. The van der Waals surface area contributed by atoms with Gasteiger partial charge in [-0.15, -0.1) is 0 Å². The van der Waals surface area contributed by atoms with E-state index in [4.69, 9.17) is 4.74 Å². The number of β-amino-alcohol motifs (C(OH)–C–C–N with tert-alkyl or cyclic N) is 1. The molecular weight excluding hydrogens is 434 g/mol. The van der Waals surface area contributed by atoms with Gasteiger partial charge in [-0.3, -0.25) is 9.59 Å². The van der Waals surface area contributed by atoms with Gasteiger partial charge in [0.2, 0.25) is 5.91 Å². The molecule has 0 aromatic heterocycles. The Morgan fingerprint density at radius 2 is 1.79 bits per heavy atom. The highest BCUT2D eigenvalue weighted by atomic mass is 16.5. The molecule has 182 valence electrons. The maximum absolute atomic E-state index is 13.5. The number of hydrogen-bond donors (Lipinski definition) is 3. The number of ether oxygens (including phenoxy) is 1. The summed E-state index contributed by atoms with van der Waals surface area (Å²) in [6, 6.07) is 5.53. The minimum atomic E-state index is -0.584. The minimum Gasteiger partial charge on any atom is -0.466 e. The molecule has 34 heavy (non-hydrogen) atoms. The lowest BCUT2D eigenvalue weighted by atomic mass is 9.49. The van der Waals surface area contributed by atoms with Crippen molar-refractivity contribution in [2.75, 3.05) is 37.4 Å². The first-order valence-corrected chi connectivity index (χ1v) is 12.2. The predicted molar refractivity (Wildman–Crippen MR) is 127 cm³/mol. The van der Waals surface area contributed by atoms with E-state index in [0.29, 0.717) is 29.1 Å². The lowest BCUT2D eigenvalue weighted by Crippen LogP contribution is -2.51. The molecule has 1 aliphatic heterocycles. The van der Waals surface area contributed by atoms with E-state index in [0.717, 1.165) is 24.8 Å². The number of rotatable bonds is 7. The van der Waals surface area contributed by atoms with Gasteiger partial charge in [-0.2, -0.15) is 0 Å². The number of nitrogens with one attached hydrogen (secondary N) is 2. The number of aliphatic hydroxyl groups excluding tert-OH is 1. The second kappa shape index (κ2) is 8.73. The van der Waals surface area contributed by atoms with Gasteiger partial charge in [0.1, 0.15) is 5.70 Å².